The van der Waals surface area contributed by atoms with Gasteiger partial charge in [0, 0.05) is 33.3 Å². The number of para-hydroxylation sites is 1. The van der Waals surface area contributed by atoms with Crippen molar-refractivity contribution in [1.82, 2.24) is 4.57 Å². The van der Waals surface area contributed by atoms with E-state index in [1.54, 1.807) is 24.3 Å². The molecule has 0 bridgehead atoms. The Morgan fingerprint density at radius 2 is 1.87 bits per heavy atom. The highest BCUT2D eigenvalue weighted by atomic mass is 35.5. The largest absolute Gasteiger partial charge is 0.437 e. The number of amides is 1. The molecule has 0 aliphatic heterocycles. The standard InChI is InChI=1S/C24H24ClN3O2/c1-16-12-20-21(27-30-23(29)26-18-9-7-8-17(25)13-18)14-24(2,3)15-22(20)28(16)19-10-5-4-6-11-19/h4-13H,14-15H2,1-3H3,(H,26,29)/b27-21+. The van der Waals surface area contributed by atoms with Crippen LogP contribution in [-0.4, -0.2) is 16.4 Å². The van der Waals surface area contributed by atoms with Gasteiger partial charge in [-0.3, -0.25) is 10.2 Å². The summed E-state index contributed by atoms with van der Waals surface area (Å²) in [6.45, 7) is 6.49. The number of rotatable bonds is 3. The molecular weight excluding hydrogens is 398 g/mol. The molecule has 1 aromatic heterocycles. The fourth-order valence-corrected chi connectivity index (χ4v) is 4.19. The summed E-state index contributed by atoms with van der Waals surface area (Å²) in [5.41, 5.74) is 5.80. The van der Waals surface area contributed by atoms with E-state index in [-0.39, 0.29) is 5.41 Å². The Kier molecular flexibility index (Phi) is 5.39. The Balaban J connectivity index is 1.63. The van der Waals surface area contributed by atoms with Gasteiger partial charge in [0.15, 0.2) is 0 Å². The van der Waals surface area contributed by atoms with Gasteiger partial charge in [0.05, 0.1) is 5.71 Å². The predicted octanol–water partition coefficient (Wildman–Crippen LogP) is 6.36. The number of aromatic nitrogens is 1. The van der Waals surface area contributed by atoms with E-state index < -0.39 is 6.09 Å². The van der Waals surface area contributed by atoms with Gasteiger partial charge in [-0.05, 0) is 61.6 Å². The van der Waals surface area contributed by atoms with Crippen molar-refractivity contribution in [2.75, 3.05) is 5.32 Å². The third-order valence-corrected chi connectivity index (χ3v) is 5.45. The van der Waals surface area contributed by atoms with E-state index >= 15 is 0 Å². The molecule has 2 aromatic carbocycles. The van der Waals surface area contributed by atoms with Crippen molar-refractivity contribution in [2.24, 2.45) is 10.6 Å². The number of hydrogen-bond donors (Lipinski definition) is 1. The summed E-state index contributed by atoms with van der Waals surface area (Å²) >= 11 is 5.96. The number of carbonyl (C=O) groups excluding carboxylic acids is 1. The van der Waals surface area contributed by atoms with E-state index in [1.165, 1.54) is 5.69 Å². The molecule has 0 saturated heterocycles. The van der Waals surface area contributed by atoms with Gasteiger partial charge >= 0.3 is 6.09 Å². The molecule has 0 spiro atoms. The van der Waals surface area contributed by atoms with Gasteiger partial charge in [-0.1, -0.05) is 54.9 Å². The van der Waals surface area contributed by atoms with E-state index in [1.807, 2.05) is 18.2 Å². The van der Waals surface area contributed by atoms with E-state index in [0.717, 1.165) is 35.5 Å². The zero-order valence-electron chi connectivity index (χ0n) is 17.3. The van der Waals surface area contributed by atoms with Crippen LogP contribution >= 0.6 is 11.6 Å². The lowest BCUT2D eigenvalue weighted by Gasteiger charge is -2.31. The van der Waals surface area contributed by atoms with Gasteiger partial charge in [0.1, 0.15) is 0 Å². The number of fused-ring (bicyclic) bond motifs is 1. The first kappa shape index (κ1) is 20.2. The number of hydrogen-bond acceptors (Lipinski definition) is 3. The molecule has 1 amide bonds. The van der Waals surface area contributed by atoms with Crippen LogP contribution in [0.15, 0.2) is 65.8 Å². The smallest absolute Gasteiger partial charge is 0.318 e. The van der Waals surface area contributed by atoms with Crippen LogP contribution in [0.2, 0.25) is 5.02 Å². The first-order valence-corrected chi connectivity index (χ1v) is 10.3. The molecule has 1 heterocycles. The summed E-state index contributed by atoms with van der Waals surface area (Å²) in [6.07, 6.45) is 0.996. The monoisotopic (exact) mass is 421 g/mol. The molecule has 0 radical (unpaired) electrons. The zero-order valence-corrected chi connectivity index (χ0v) is 18.0. The van der Waals surface area contributed by atoms with Crippen molar-refractivity contribution in [3.8, 4) is 5.69 Å². The van der Waals surface area contributed by atoms with Crippen LogP contribution in [0.3, 0.4) is 0 Å². The van der Waals surface area contributed by atoms with Gasteiger partial charge in [-0.2, -0.15) is 0 Å². The van der Waals surface area contributed by atoms with Gasteiger partial charge in [-0.15, -0.1) is 0 Å². The van der Waals surface area contributed by atoms with E-state index in [2.05, 4.69) is 54.0 Å². The minimum absolute atomic E-state index is 0.00402. The quantitative estimate of drug-likeness (QED) is 0.395. The number of oxime groups is 1. The lowest BCUT2D eigenvalue weighted by molar-refractivity contribution is 0.165. The number of carbonyl (C=O) groups is 1. The maximum Gasteiger partial charge on any atom is 0.437 e. The minimum atomic E-state index is -0.645. The highest BCUT2D eigenvalue weighted by Crippen LogP contribution is 2.38. The molecule has 1 N–H and O–H groups in total. The minimum Gasteiger partial charge on any atom is -0.318 e. The number of halogens is 1. The topological polar surface area (TPSA) is 55.6 Å². The molecule has 1 aliphatic carbocycles. The molecule has 5 nitrogen and oxygen atoms in total. The average molecular weight is 422 g/mol. The highest BCUT2D eigenvalue weighted by Gasteiger charge is 2.33. The maximum absolute atomic E-state index is 12.2. The van der Waals surface area contributed by atoms with E-state index in [9.17, 15) is 4.79 Å². The molecular formula is C24H24ClN3O2. The van der Waals surface area contributed by atoms with Crippen LogP contribution in [0.5, 0.6) is 0 Å². The second kappa shape index (κ2) is 8.00. The van der Waals surface area contributed by atoms with Crippen molar-refractivity contribution in [3.63, 3.8) is 0 Å². The Hall–Kier alpha value is -3.05. The van der Waals surface area contributed by atoms with Crippen molar-refractivity contribution < 1.29 is 9.63 Å². The molecule has 4 rings (SSSR count). The molecule has 3 aromatic rings. The van der Waals surface area contributed by atoms with Gasteiger partial charge < -0.3 is 4.57 Å². The summed E-state index contributed by atoms with van der Waals surface area (Å²) in [5.74, 6) is 0. The summed E-state index contributed by atoms with van der Waals surface area (Å²) in [7, 11) is 0. The SMILES string of the molecule is Cc1cc2c(n1-c1ccccc1)CC(C)(C)C/C2=N\OC(=O)Nc1cccc(Cl)c1. The van der Waals surface area contributed by atoms with Crippen molar-refractivity contribution in [2.45, 2.75) is 33.6 Å². The molecule has 6 heteroatoms. The van der Waals surface area contributed by atoms with Crippen LogP contribution < -0.4 is 5.32 Å². The first-order chi connectivity index (χ1) is 14.3. The van der Waals surface area contributed by atoms with Crippen LogP contribution in [-0.2, 0) is 11.3 Å². The molecule has 0 atom stereocenters. The normalized spacial score (nSPS) is 16.2. The number of nitrogens with zero attached hydrogens (tertiary/aromatic N) is 2. The molecule has 0 fully saturated rings. The molecule has 0 unspecified atom stereocenters. The third-order valence-electron chi connectivity index (χ3n) is 5.21. The summed E-state index contributed by atoms with van der Waals surface area (Å²) in [5, 5.41) is 7.43. The molecule has 0 saturated carbocycles. The van der Waals surface area contributed by atoms with Crippen LogP contribution in [0, 0.1) is 12.3 Å². The molecule has 154 valence electrons. The predicted molar refractivity (Wildman–Crippen MR) is 121 cm³/mol. The Morgan fingerprint density at radius 1 is 1.10 bits per heavy atom. The lowest BCUT2D eigenvalue weighted by atomic mass is 9.76. The first-order valence-electron chi connectivity index (χ1n) is 9.90. The van der Waals surface area contributed by atoms with Gasteiger partial charge in [0.2, 0.25) is 0 Å². The number of anilines is 1. The highest BCUT2D eigenvalue weighted by molar-refractivity contribution is 6.30. The van der Waals surface area contributed by atoms with Gasteiger partial charge in [0.25, 0.3) is 0 Å². The van der Waals surface area contributed by atoms with E-state index in [4.69, 9.17) is 16.4 Å². The number of benzene rings is 2. The lowest BCUT2D eigenvalue weighted by Crippen LogP contribution is -2.29. The van der Waals surface area contributed by atoms with Crippen molar-refractivity contribution in [1.29, 1.82) is 0 Å². The van der Waals surface area contributed by atoms with Crippen LogP contribution in [0.25, 0.3) is 5.69 Å². The third kappa shape index (κ3) is 4.26. The fraction of sp³-hybridized carbons (Fsp3) is 0.250. The fourth-order valence-electron chi connectivity index (χ4n) is 4.00. The number of aryl methyl sites for hydroxylation is 1. The Labute approximate surface area is 181 Å². The zero-order chi connectivity index (χ0) is 21.3. The van der Waals surface area contributed by atoms with Crippen molar-refractivity contribution in [3.05, 3.63) is 82.6 Å². The maximum atomic E-state index is 12.2. The molecule has 30 heavy (non-hydrogen) atoms. The summed E-state index contributed by atoms with van der Waals surface area (Å²) in [4.78, 5) is 17.5. The number of nitrogens with one attached hydrogen (secondary N) is 1. The Bertz CT molecular complexity index is 1120. The van der Waals surface area contributed by atoms with Crippen LogP contribution in [0.1, 0.15) is 37.2 Å². The second-order valence-corrected chi connectivity index (χ2v) is 8.82. The van der Waals surface area contributed by atoms with Crippen LogP contribution in [0.4, 0.5) is 10.5 Å². The summed E-state index contributed by atoms with van der Waals surface area (Å²) < 4.78 is 2.26. The molecule has 1 aliphatic rings. The van der Waals surface area contributed by atoms with E-state index in [0.29, 0.717) is 10.7 Å². The average Bonchev–Trinajstić information content (AvgIpc) is 3.01. The second-order valence-electron chi connectivity index (χ2n) is 8.39. The Morgan fingerprint density at radius 3 is 2.60 bits per heavy atom. The summed E-state index contributed by atoms with van der Waals surface area (Å²) in [6, 6.07) is 19.3. The van der Waals surface area contributed by atoms with Gasteiger partial charge in [-0.25, -0.2) is 4.79 Å². The van der Waals surface area contributed by atoms with Crippen molar-refractivity contribution >= 4 is 29.1 Å².